The summed E-state index contributed by atoms with van der Waals surface area (Å²) in [6.45, 7) is 1.29. The SMILES string of the molecule is CCC=COc1c(O)c2cccc(OCC(=O)O)c2oc1=O. The number of para-hydroxylation sites is 1. The van der Waals surface area contributed by atoms with Gasteiger partial charge in [0.25, 0.3) is 5.75 Å². The Balaban J connectivity index is 2.50. The van der Waals surface area contributed by atoms with Gasteiger partial charge in [0.15, 0.2) is 23.7 Å². The minimum Gasteiger partial charge on any atom is -0.504 e. The second kappa shape index (κ2) is 6.66. The molecular formula is C15H14O7. The lowest BCUT2D eigenvalue weighted by Gasteiger charge is -2.09. The minimum atomic E-state index is -1.17. The van der Waals surface area contributed by atoms with Crippen molar-refractivity contribution < 1.29 is 28.9 Å². The van der Waals surface area contributed by atoms with Gasteiger partial charge in [-0.15, -0.1) is 0 Å². The Morgan fingerprint density at radius 1 is 1.41 bits per heavy atom. The highest BCUT2D eigenvalue weighted by Gasteiger charge is 2.18. The highest BCUT2D eigenvalue weighted by Crippen LogP contribution is 2.35. The second-order valence-corrected chi connectivity index (χ2v) is 4.28. The Hall–Kier alpha value is -2.96. The van der Waals surface area contributed by atoms with Crippen molar-refractivity contribution in [1.82, 2.24) is 0 Å². The molecule has 0 amide bonds. The van der Waals surface area contributed by atoms with E-state index in [0.29, 0.717) is 6.42 Å². The highest BCUT2D eigenvalue weighted by atomic mass is 16.5. The van der Waals surface area contributed by atoms with Gasteiger partial charge in [0.2, 0.25) is 0 Å². The summed E-state index contributed by atoms with van der Waals surface area (Å²) in [6, 6.07) is 4.47. The van der Waals surface area contributed by atoms with Crippen LogP contribution in [0.2, 0.25) is 0 Å². The van der Waals surface area contributed by atoms with Crippen molar-refractivity contribution in [3.8, 4) is 17.2 Å². The first-order valence-corrected chi connectivity index (χ1v) is 6.49. The fourth-order valence-electron chi connectivity index (χ4n) is 1.74. The van der Waals surface area contributed by atoms with E-state index in [2.05, 4.69) is 0 Å². The Kier molecular flexibility index (Phi) is 4.67. The summed E-state index contributed by atoms with van der Waals surface area (Å²) in [6.07, 6.45) is 3.64. The quantitative estimate of drug-likeness (QED) is 0.622. The van der Waals surface area contributed by atoms with Crippen molar-refractivity contribution in [2.75, 3.05) is 6.61 Å². The van der Waals surface area contributed by atoms with Crippen molar-refractivity contribution in [1.29, 1.82) is 0 Å². The average molecular weight is 306 g/mol. The van der Waals surface area contributed by atoms with E-state index in [4.69, 9.17) is 19.0 Å². The molecule has 0 spiro atoms. The third-order valence-electron chi connectivity index (χ3n) is 2.70. The Morgan fingerprint density at radius 2 is 2.18 bits per heavy atom. The highest BCUT2D eigenvalue weighted by molar-refractivity contribution is 5.89. The zero-order valence-corrected chi connectivity index (χ0v) is 11.7. The maximum atomic E-state index is 11.9. The summed E-state index contributed by atoms with van der Waals surface area (Å²) in [4.78, 5) is 22.4. The number of carboxylic acid groups (broad SMARTS) is 1. The first-order chi connectivity index (χ1) is 10.5. The lowest BCUT2D eigenvalue weighted by atomic mass is 10.2. The van der Waals surface area contributed by atoms with Gasteiger partial charge in [0, 0.05) is 0 Å². The van der Waals surface area contributed by atoms with Gasteiger partial charge in [-0.2, -0.15) is 0 Å². The number of carboxylic acids is 1. The van der Waals surface area contributed by atoms with Gasteiger partial charge in [0.05, 0.1) is 11.6 Å². The third-order valence-corrected chi connectivity index (χ3v) is 2.70. The van der Waals surface area contributed by atoms with Gasteiger partial charge < -0.3 is 24.1 Å². The summed E-state index contributed by atoms with van der Waals surface area (Å²) in [7, 11) is 0. The molecule has 116 valence electrons. The molecule has 2 aromatic rings. The monoisotopic (exact) mass is 306 g/mol. The molecule has 1 aromatic heterocycles. The van der Waals surface area contributed by atoms with Gasteiger partial charge >= 0.3 is 11.6 Å². The Morgan fingerprint density at radius 3 is 2.86 bits per heavy atom. The number of ether oxygens (including phenoxy) is 2. The molecule has 2 N–H and O–H groups in total. The molecular weight excluding hydrogens is 292 g/mol. The van der Waals surface area contributed by atoms with Crippen LogP contribution in [-0.2, 0) is 4.79 Å². The number of carbonyl (C=O) groups is 1. The van der Waals surface area contributed by atoms with E-state index in [1.807, 2.05) is 6.92 Å². The normalized spacial score (nSPS) is 11.0. The molecule has 0 atom stereocenters. The summed E-state index contributed by atoms with van der Waals surface area (Å²) in [5.74, 6) is -1.86. The van der Waals surface area contributed by atoms with Crippen LogP contribution < -0.4 is 15.1 Å². The van der Waals surface area contributed by atoms with E-state index in [-0.39, 0.29) is 22.5 Å². The molecule has 0 fully saturated rings. The van der Waals surface area contributed by atoms with Gasteiger partial charge in [-0.05, 0) is 24.6 Å². The molecule has 0 aliphatic rings. The molecule has 0 aliphatic heterocycles. The van der Waals surface area contributed by atoms with Gasteiger partial charge in [-0.3, -0.25) is 0 Å². The summed E-state index contributed by atoms with van der Waals surface area (Å²) in [5.41, 5.74) is -0.935. The Labute approximate surface area is 125 Å². The zero-order valence-electron chi connectivity index (χ0n) is 11.7. The molecule has 0 unspecified atom stereocenters. The fourth-order valence-corrected chi connectivity index (χ4v) is 1.74. The number of rotatable bonds is 6. The zero-order chi connectivity index (χ0) is 16.1. The molecule has 0 saturated carbocycles. The number of aliphatic carboxylic acids is 1. The second-order valence-electron chi connectivity index (χ2n) is 4.28. The van der Waals surface area contributed by atoms with Crippen LogP contribution in [-0.4, -0.2) is 22.8 Å². The van der Waals surface area contributed by atoms with Crippen molar-refractivity contribution in [2.45, 2.75) is 13.3 Å². The minimum absolute atomic E-state index is 0.0435. The lowest BCUT2D eigenvalue weighted by Crippen LogP contribution is -2.10. The van der Waals surface area contributed by atoms with E-state index in [9.17, 15) is 14.7 Å². The average Bonchev–Trinajstić information content (AvgIpc) is 2.48. The molecule has 1 aromatic carbocycles. The molecule has 7 nitrogen and oxygen atoms in total. The first-order valence-electron chi connectivity index (χ1n) is 6.49. The predicted molar refractivity (Wildman–Crippen MR) is 77.3 cm³/mol. The molecule has 0 bridgehead atoms. The Bertz CT molecular complexity index is 773. The molecule has 22 heavy (non-hydrogen) atoms. The standard InChI is InChI=1S/C15H14O7/c1-2-3-7-20-14-12(18)9-5-4-6-10(21-8-11(16)17)13(9)22-15(14)19/h3-7,18H,2,8H2,1H3,(H,16,17). The maximum Gasteiger partial charge on any atom is 0.383 e. The van der Waals surface area contributed by atoms with E-state index in [1.54, 1.807) is 6.08 Å². The van der Waals surface area contributed by atoms with Crippen LogP contribution in [0.25, 0.3) is 11.0 Å². The fraction of sp³-hybridized carbons (Fsp3) is 0.200. The van der Waals surface area contributed by atoms with Crippen LogP contribution >= 0.6 is 0 Å². The number of benzene rings is 1. The van der Waals surface area contributed by atoms with Crippen LogP contribution in [0.1, 0.15) is 13.3 Å². The number of fused-ring (bicyclic) bond motifs is 1. The molecule has 0 aliphatic carbocycles. The molecule has 2 rings (SSSR count). The molecule has 1 heterocycles. The summed E-state index contributed by atoms with van der Waals surface area (Å²) < 4.78 is 15.2. The van der Waals surface area contributed by atoms with Gasteiger partial charge in [-0.1, -0.05) is 13.0 Å². The largest absolute Gasteiger partial charge is 0.504 e. The van der Waals surface area contributed by atoms with Crippen molar-refractivity contribution in [3.63, 3.8) is 0 Å². The van der Waals surface area contributed by atoms with Crippen molar-refractivity contribution >= 4 is 16.9 Å². The topological polar surface area (TPSA) is 106 Å². The van der Waals surface area contributed by atoms with Gasteiger partial charge in [-0.25, -0.2) is 9.59 Å². The van der Waals surface area contributed by atoms with Crippen LogP contribution in [0.4, 0.5) is 0 Å². The summed E-state index contributed by atoms with van der Waals surface area (Å²) >= 11 is 0. The van der Waals surface area contributed by atoms with Crippen LogP contribution in [0.3, 0.4) is 0 Å². The molecule has 0 radical (unpaired) electrons. The first kappa shape index (κ1) is 15.4. The van der Waals surface area contributed by atoms with E-state index in [0.717, 1.165) is 0 Å². The number of aromatic hydroxyl groups is 1. The molecule has 7 heteroatoms. The van der Waals surface area contributed by atoms with Crippen molar-refractivity contribution in [3.05, 3.63) is 41.0 Å². The van der Waals surface area contributed by atoms with Gasteiger partial charge in [0.1, 0.15) is 0 Å². The lowest BCUT2D eigenvalue weighted by molar-refractivity contribution is -0.139. The van der Waals surface area contributed by atoms with Crippen LogP contribution in [0, 0.1) is 0 Å². The van der Waals surface area contributed by atoms with E-state index >= 15 is 0 Å². The maximum absolute atomic E-state index is 11.9. The van der Waals surface area contributed by atoms with Crippen LogP contribution in [0.15, 0.2) is 39.7 Å². The van der Waals surface area contributed by atoms with Crippen LogP contribution in [0.5, 0.6) is 17.2 Å². The van der Waals surface area contributed by atoms with Crippen molar-refractivity contribution in [2.24, 2.45) is 0 Å². The summed E-state index contributed by atoms with van der Waals surface area (Å²) in [5, 5.41) is 18.9. The number of hydrogen-bond acceptors (Lipinski definition) is 6. The number of allylic oxidation sites excluding steroid dienone is 1. The smallest absolute Gasteiger partial charge is 0.383 e. The predicted octanol–water partition coefficient (Wildman–Crippen LogP) is 2.26. The van der Waals surface area contributed by atoms with E-state index in [1.165, 1.54) is 24.5 Å². The van der Waals surface area contributed by atoms with E-state index < -0.39 is 24.0 Å². The number of hydrogen-bond donors (Lipinski definition) is 2. The third kappa shape index (κ3) is 3.20. The molecule has 0 saturated heterocycles.